The summed E-state index contributed by atoms with van der Waals surface area (Å²) in [6.45, 7) is 3.67. The lowest BCUT2D eigenvalue weighted by Gasteiger charge is -2.32. The van der Waals surface area contributed by atoms with Crippen molar-refractivity contribution in [1.29, 1.82) is 0 Å². The minimum atomic E-state index is -0.114. The van der Waals surface area contributed by atoms with E-state index in [4.69, 9.17) is 0 Å². The first-order valence-corrected chi connectivity index (χ1v) is 9.94. The molecule has 28 heavy (non-hydrogen) atoms. The third-order valence-corrected chi connectivity index (χ3v) is 5.90. The fourth-order valence-corrected chi connectivity index (χ4v) is 4.14. The number of nitrogens with one attached hydrogen (secondary N) is 3. The molecule has 1 amide bonds. The normalized spacial score (nSPS) is 20.6. The van der Waals surface area contributed by atoms with Crippen molar-refractivity contribution < 1.29 is 14.5 Å². The van der Waals surface area contributed by atoms with Crippen LogP contribution in [0.15, 0.2) is 60.8 Å². The molecule has 1 aromatic heterocycles. The van der Waals surface area contributed by atoms with E-state index in [2.05, 4.69) is 10.3 Å². The van der Waals surface area contributed by atoms with E-state index in [1.165, 1.54) is 4.90 Å². The van der Waals surface area contributed by atoms with Gasteiger partial charge in [0.2, 0.25) is 11.7 Å². The first kappa shape index (κ1) is 18.4. The Morgan fingerprint density at radius 1 is 1.04 bits per heavy atom. The minimum absolute atomic E-state index is 0.0133. The number of para-hydroxylation sites is 2. The summed E-state index contributed by atoms with van der Waals surface area (Å²) in [5, 5.41) is 3.98. The highest BCUT2D eigenvalue weighted by Gasteiger charge is 2.33. The van der Waals surface area contributed by atoms with Gasteiger partial charge in [-0.3, -0.25) is 9.59 Å². The van der Waals surface area contributed by atoms with Crippen molar-refractivity contribution >= 4 is 28.3 Å². The van der Waals surface area contributed by atoms with Crippen molar-refractivity contribution in [2.24, 2.45) is 5.92 Å². The molecule has 0 aliphatic carbocycles. The number of hydrogen-bond donors (Lipinski definition) is 3. The Labute approximate surface area is 164 Å². The van der Waals surface area contributed by atoms with Crippen LogP contribution in [0.4, 0.5) is 5.69 Å². The van der Waals surface area contributed by atoms with E-state index in [1.54, 1.807) is 0 Å². The van der Waals surface area contributed by atoms with Crippen LogP contribution in [0.2, 0.25) is 0 Å². The molecular formula is C23H26N3O2+. The van der Waals surface area contributed by atoms with Gasteiger partial charge in [0.1, 0.15) is 6.04 Å². The average Bonchev–Trinajstić information content (AvgIpc) is 3.17. The van der Waals surface area contributed by atoms with E-state index in [-0.39, 0.29) is 23.7 Å². The topological polar surface area (TPSA) is 66.4 Å². The molecule has 3 aromatic rings. The van der Waals surface area contributed by atoms with Crippen molar-refractivity contribution in [3.05, 3.63) is 66.4 Å². The Bertz CT molecular complexity index is 972. The van der Waals surface area contributed by atoms with Gasteiger partial charge < -0.3 is 15.2 Å². The number of likely N-dealkylation sites (tertiary alicyclic amines) is 1. The van der Waals surface area contributed by atoms with Crippen molar-refractivity contribution in [2.75, 3.05) is 18.4 Å². The maximum atomic E-state index is 13.1. The van der Waals surface area contributed by atoms with E-state index in [1.807, 2.05) is 67.7 Å². The first-order valence-electron chi connectivity index (χ1n) is 9.94. The number of ketones is 1. The number of aromatic nitrogens is 1. The molecule has 1 aliphatic heterocycles. The van der Waals surface area contributed by atoms with Crippen LogP contribution in [0.25, 0.3) is 10.9 Å². The van der Waals surface area contributed by atoms with Crippen LogP contribution in [-0.4, -0.2) is 35.8 Å². The molecule has 4 rings (SSSR count). The minimum Gasteiger partial charge on any atom is -0.360 e. The van der Waals surface area contributed by atoms with Crippen LogP contribution >= 0.6 is 0 Å². The van der Waals surface area contributed by atoms with Gasteiger partial charge in [-0.05, 0) is 25.1 Å². The van der Waals surface area contributed by atoms with Crippen LogP contribution in [0.3, 0.4) is 0 Å². The first-order chi connectivity index (χ1) is 13.6. The van der Waals surface area contributed by atoms with Gasteiger partial charge in [-0.15, -0.1) is 0 Å². The van der Waals surface area contributed by atoms with E-state index in [0.29, 0.717) is 0 Å². The smallest absolute Gasteiger partial charge is 0.227 e. The molecule has 0 spiro atoms. The predicted octanol–water partition coefficient (Wildman–Crippen LogP) is 2.67. The summed E-state index contributed by atoms with van der Waals surface area (Å²) >= 11 is 0. The molecule has 0 unspecified atom stereocenters. The van der Waals surface area contributed by atoms with Crippen LogP contribution in [0, 0.1) is 5.92 Å². The van der Waals surface area contributed by atoms with Gasteiger partial charge >= 0.3 is 0 Å². The van der Waals surface area contributed by atoms with Gasteiger partial charge in [-0.1, -0.05) is 36.4 Å². The van der Waals surface area contributed by atoms with Gasteiger partial charge in [0, 0.05) is 47.1 Å². The fourth-order valence-electron chi connectivity index (χ4n) is 4.14. The fraction of sp³-hybridized carbons (Fsp3) is 0.304. The zero-order chi connectivity index (χ0) is 19.5. The lowest BCUT2D eigenvalue weighted by Crippen LogP contribution is -3.17. The number of Topliss-reactive ketones (excluding diaryl/α,β-unsaturated/α-hetero) is 1. The number of H-pyrrole nitrogens is 1. The van der Waals surface area contributed by atoms with Crippen molar-refractivity contribution in [1.82, 2.24) is 4.98 Å². The second-order valence-electron chi connectivity index (χ2n) is 7.62. The second-order valence-corrected chi connectivity index (χ2v) is 7.62. The zero-order valence-electron chi connectivity index (χ0n) is 16.1. The summed E-state index contributed by atoms with van der Waals surface area (Å²) in [4.78, 5) is 30.0. The Kier molecular flexibility index (Phi) is 5.26. The Morgan fingerprint density at radius 3 is 2.46 bits per heavy atom. The molecule has 1 atom stereocenters. The molecule has 2 aromatic carbocycles. The summed E-state index contributed by atoms with van der Waals surface area (Å²) in [5.41, 5.74) is 2.59. The van der Waals surface area contributed by atoms with Crippen LogP contribution in [-0.2, 0) is 4.79 Å². The largest absolute Gasteiger partial charge is 0.360 e. The van der Waals surface area contributed by atoms with Crippen molar-refractivity contribution in [3.63, 3.8) is 0 Å². The highest BCUT2D eigenvalue weighted by Crippen LogP contribution is 2.19. The van der Waals surface area contributed by atoms with Crippen LogP contribution in [0.5, 0.6) is 0 Å². The molecule has 5 heteroatoms. The quantitative estimate of drug-likeness (QED) is 0.600. The van der Waals surface area contributed by atoms with Gasteiger partial charge in [0.15, 0.2) is 0 Å². The molecule has 2 heterocycles. The number of rotatable bonds is 5. The zero-order valence-corrected chi connectivity index (χ0v) is 16.1. The van der Waals surface area contributed by atoms with E-state index in [9.17, 15) is 9.59 Å². The number of quaternary nitrogens is 1. The Hall–Kier alpha value is -2.92. The van der Waals surface area contributed by atoms with E-state index in [0.717, 1.165) is 48.1 Å². The van der Waals surface area contributed by atoms with E-state index < -0.39 is 0 Å². The molecule has 0 saturated carbocycles. The molecule has 144 valence electrons. The number of hydrogen-bond acceptors (Lipinski definition) is 2. The molecule has 5 nitrogen and oxygen atoms in total. The lowest BCUT2D eigenvalue weighted by molar-refractivity contribution is -0.919. The maximum Gasteiger partial charge on any atom is 0.227 e. The van der Waals surface area contributed by atoms with Crippen LogP contribution < -0.4 is 10.2 Å². The summed E-state index contributed by atoms with van der Waals surface area (Å²) < 4.78 is 0. The molecular weight excluding hydrogens is 350 g/mol. The average molecular weight is 376 g/mol. The summed E-state index contributed by atoms with van der Waals surface area (Å²) in [7, 11) is 0. The predicted molar refractivity (Wildman–Crippen MR) is 111 cm³/mol. The van der Waals surface area contributed by atoms with Gasteiger partial charge in [-0.2, -0.15) is 0 Å². The Morgan fingerprint density at radius 2 is 1.71 bits per heavy atom. The SMILES string of the molecule is C[C@@H](C(=O)c1c[nH]c2ccccc12)[NH+]1CCC(C(=O)Nc2ccccc2)CC1. The second kappa shape index (κ2) is 7.98. The van der Waals surface area contributed by atoms with Gasteiger partial charge in [0.25, 0.3) is 0 Å². The molecule has 0 bridgehead atoms. The molecule has 1 fully saturated rings. The number of anilines is 1. The lowest BCUT2D eigenvalue weighted by atomic mass is 9.93. The number of piperidine rings is 1. The van der Waals surface area contributed by atoms with Crippen molar-refractivity contribution in [2.45, 2.75) is 25.8 Å². The van der Waals surface area contributed by atoms with E-state index >= 15 is 0 Å². The molecule has 0 radical (unpaired) electrons. The maximum absolute atomic E-state index is 13.1. The molecule has 3 N–H and O–H groups in total. The van der Waals surface area contributed by atoms with Gasteiger partial charge in [-0.25, -0.2) is 0 Å². The number of carbonyl (C=O) groups is 2. The third-order valence-electron chi connectivity index (χ3n) is 5.90. The summed E-state index contributed by atoms with van der Waals surface area (Å²) in [6.07, 6.45) is 3.43. The third kappa shape index (κ3) is 3.71. The number of fused-ring (bicyclic) bond motifs is 1. The molecule has 1 saturated heterocycles. The Balaban J connectivity index is 1.36. The number of benzene rings is 2. The number of carbonyl (C=O) groups excluding carboxylic acids is 2. The highest BCUT2D eigenvalue weighted by molar-refractivity contribution is 6.09. The number of aromatic amines is 1. The monoisotopic (exact) mass is 376 g/mol. The number of amides is 1. The van der Waals surface area contributed by atoms with Crippen LogP contribution in [0.1, 0.15) is 30.1 Å². The van der Waals surface area contributed by atoms with Crippen molar-refractivity contribution in [3.8, 4) is 0 Å². The summed E-state index contributed by atoms with van der Waals surface area (Å²) in [5.74, 6) is 0.264. The molecule has 1 aliphatic rings. The highest BCUT2D eigenvalue weighted by atomic mass is 16.2. The standard InChI is InChI=1S/C23H25N3O2/c1-16(22(27)20-15-24-21-10-6-5-9-19(20)21)26-13-11-17(12-14-26)23(28)25-18-7-3-2-4-8-18/h2-10,15-17,24H,11-14H2,1H3,(H,25,28)/p+1/t16-/m0/s1. The van der Waals surface area contributed by atoms with Gasteiger partial charge in [0.05, 0.1) is 13.1 Å². The summed E-state index contributed by atoms with van der Waals surface area (Å²) in [6, 6.07) is 17.4.